The summed E-state index contributed by atoms with van der Waals surface area (Å²) in [5, 5.41) is 15.7. The fourth-order valence-electron chi connectivity index (χ4n) is 1.06. The minimum atomic E-state index is -0.262. The van der Waals surface area contributed by atoms with Gasteiger partial charge in [0.1, 0.15) is 5.76 Å². The van der Waals surface area contributed by atoms with Crippen LogP contribution in [0, 0.1) is 0 Å². The Hall–Kier alpha value is -1.96. The molecule has 2 aromatic heterocycles. The lowest BCUT2D eigenvalue weighted by molar-refractivity contribution is -0.116. The lowest BCUT2D eigenvalue weighted by Gasteiger charge is -1.95. The predicted molar refractivity (Wildman–Crippen MR) is 61.5 cm³/mol. The van der Waals surface area contributed by atoms with E-state index in [1.54, 1.807) is 18.2 Å². The summed E-state index contributed by atoms with van der Waals surface area (Å²) in [6.07, 6.45) is 2.93. The van der Waals surface area contributed by atoms with Gasteiger partial charge in [0.15, 0.2) is 10.5 Å². The number of nitrogens with zero attached hydrogens (tertiary/aromatic N) is 3. The van der Waals surface area contributed by atoms with Crippen molar-refractivity contribution in [1.82, 2.24) is 25.9 Å². The molecule has 2 heterocycles. The van der Waals surface area contributed by atoms with Gasteiger partial charge in [0.25, 0.3) is 0 Å². The van der Waals surface area contributed by atoms with Crippen LogP contribution in [0.25, 0.3) is 6.08 Å². The van der Waals surface area contributed by atoms with Gasteiger partial charge in [0, 0.05) is 6.08 Å². The number of furan rings is 1. The lowest BCUT2D eigenvalue weighted by atomic mass is 10.4. The van der Waals surface area contributed by atoms with Crippen LogP contribution < -0.4 is 5.32 Å². The number of aromatic amines is 1. The molecule has 0 aliphatic heterocycles. The summed E-state index contributed by atoms with van der Waals surface area (Å²) in [4.78, 5) is 11.4. The van der Waals surface area contributed by atoms with Crippen molar-refractivity contribution in [1.29, 1.82) is 0 Å². The Morgan fingerprint density at radius 1 is 1.59 bits per heavy atom. The molecular formula is C9H8BrN5O2. The molecule has 0 saturated carbocycles. The number of hydrogen-bond acceptors (Lipinski definition) is 5. The molecule has 0 fully saturated rings. The van der Waals surface area contributed by atoms with Crippen LogP contribution in [0.2, 0.25) is 0 Å². The molecule has 0 unspecified atom stereocenters. The van der Waals surface area contributed by atoms with Crippen LogP contribution in [0.5, 0.6) is 0 Å². The first-order valence-corrected chi connectivity index (χ1v) is 5.47. The highest BCUT2D eigenvalue weighted by atomic mass is 79.9. The number of nitrogens with one attached hydrogen (secondary N) is 2. The summed E-state index contributed by atoms with van der Waals surface area (Å²) in [6.45, 7) is 0.224. The summed E-state index contributed by atoms with van der Waals surface area (Å²) in [5.41, 5.74) is 0. The average Bonchev–Trinajstić information content (AvgIpc) is 2.95. The molecule has 7 nitrogen and oxygen atoms in total. The topological polar surface area (TPSA) is 96.7 Å². The third-order valence-corrected chi connectivity index (χ3v) is 2.23. The Morgan fingerprint density at radius 2 is 2.47 bits per heavy atom. The number of halogens is 1. The first kappa shape index (κ1) is 11.5. The first-order chi connectivity index (χ1) is 8.24. The van der Waals surface area contributed by atoms with Crippen LogP contribution in [0.4, 0.5) is 0 Å². The average molecular weight is 298 g/mol. The van der Waals surface area contributed by atoms with Gasteiger partial charge in [-0.3, -0.25) is 4.79 Å². The van der Waals surface area contributed by atoms with Crippen molar-refractivity contribution in [3.8, 4) is 0 Å². The van der Waals surface area contributed by atoms with Gasteiger partial charge in [0.05, 0.1) is 6.54 Å². The second-order valence-corrected chi connectivity index (χ2v) is 3.80. The number of aromatic nitrogens is 4. The molecule has 0 bridgehead atoms. The predicted octanol–water partition coefficient (Wildman–Crippen LogP) is 0.885. The SMILES string of the molecule is O=C(C=Cc1ccc(Br)o1)NCc1nn[nH]n1. The highest BCUT2D eigenvalue weighted by Gasteiger charge is 2.00. The highest BCUT2D eigenvalue weighted by Crippen LogP contribution is 2.14. The summed E-state index contributed by atoms with van der Waals surface area (Å²) < 4.78 is 5.81. The molecule has 1 amide bonds. The fraction of sp³-hybridized carbons (Fsp3) is 0.111. The Labute approximate surface area is 104 Å². The van der Waals surface area contributed by atoms with Crippen LogP contribution in [-0.2, 0) is 11.3 Å². The van der Waals surface area contributed by atoms with E-state index in [4.69, 9.17) is 4.42 Å². The Bertz CT molecular complexity index is 519. The van der Waals surface area contributed by atoms with Crippen molar-refractivity contribution >= 4 is 27.9 Å². The minimum Gasteiger partial charge on any atom is -0.450 e. The van der Waals surface area contributed by atoms with Gasteiger partial charge in [-0.05, 0) is 34.1 Å². The standard InChI is InChI=1S/C9H8BrN5O2/c10-7-3-1-6(17-7)2-4-9(16)11-5-8-12-14-15-13-8/h1-4H,5H2,(H,11,16)(H,12,13,14,15). The van der Waals surface area contributed by atoms with Gasteiger partial charge in [-0.1, -0.05) is 5.21 Å². The molecule has 0 spiro atoms. The van der Waals surface area contributed by atoms with Gasteiger partial charge >= 0.3 is 0 Å². The van der Waals surface area contributed by atoms with Gasteiger partial charge in [-0.25, -0.2) is 0 Å². The van der Waals surface area contributed by atoms with E-state index in [1.807, 2.05) is 0 Å². The normalized spacial score (nSPS) is 10.9. The van der Waals surface area contributed by atoms with E-state index in [0.29, 0.717) is 16.3 Å². The van der Waals surface area contributed by atoms with E-state index in [0.717, 1.165) is 0 Å². The van der Waals surface area contributed by atoms with Crippen molar-refractivity contribution in [2.45, 2.75) is 6.54 Å². The Kier molecular flexibility index (Phi) is 3.66. The molecule has 0 aromatic carbocycles. The number of amides is 1. The Balaban J connectivity index is 1.83. The smallest absolute Gasteiger partial charge is 0.244 e. The monoisotopic (exact) mass is 297 g/mol. The number of carbonyl (C=O) groups is 1. The maximum atomic E-state index is 11.4. The van der Waals surface area contributed by atoms with Crippen LogP contribution >= 0.6 is 15.9 Å². The molecule has 0 atom stereocenters. The quantitative estimate of drug-likeness (QED) is 0.817. The van der Waals surface area contributed by atoms with Gasteiger partial charge < -0.3 is 9.73 Å². The molecule has 2 aromatic rings. The molecule has 0 aliphatic carbocycles. The second-order valence-electron chi connectivity index (χ2n) is 3.02. The van der Waals surface area contributed by atoms with E-state index in [-0.39, 0.29) is 12.5 Å². The summed E-state index contributed by atoms with van der Waals surface area (Å²) >= 11 is 3.17. The van der Waals surface area contributed by atoms with Crippen molar-refractivity contribution in [2.24, 2.45) is 0 Å². The van der Waals surface area contributed by atoms with E-state index in [2.05, 4.69) is 41.9 Å². The maximum Gasteiger partial charge on any atom is 0.244 e. The van der Waals surface area contributed by atoms with Crippen molar-refractivity contribution in [3.63, 3.8) is 0 Å². The summed E-state index contributed by atoms with van der Waals surface area (Å²) in [6, 6.07) is 3.49. The number of H-pyrrole nitrogens is 1. The number of tetrazole rings is 1. The second kappa shape index (κ2) is 5.39. The Morgan fingerprint density at radius 3 is 3.12 bits per heavy atom. The maximum absolute atomic E-state index is 11.4. The molecule has 88 valence electrons. The fourth-order valence-corrected chi connectivity index (χ4v) is 1.38. The lowest BCUT2D eigenvalue weighted by Crippen LogP contribution is -2.20. The van der Waals surface area contributed by atoms with Crippen molar-refractivity contribution < 1.29 is 9.21 Å². The molecule has 0 radical (unpaired) electrons. The van der Waals surface area contributed by atoms with Crippen molar-refractivity contribution in [2.75, 3.05) is 0 Å². The molecule has 17 heavy (non-hydrogen) atoms. The van der Waals surface area contributed by atoms with Crippen LogP contribution in [0.1, 0.15) is 11.6 Å². The molecule has 0 aliphatic rings. The van der Waals surface area contributed by atoms with Crippen LogP contribution in [-0.4, -0.2) is 26.5 Å². The zero-order valence-corrected chi connectivity index (χ0v) is 10.1. The first-order valence-electron chi connectivity index (χ1n) is 4.67. The minimum absolute atomic E-state index is 0.224. The molecule has 2 rings (SSSR count). The zero-order valence-electron chi connectivity index (χ0n) is 8.55. The van der Waals surface area contributed by atoms with Crippen LogP contribution in [0.3, 0.4) is 0 Å². The third kappa shape index (κ3) is 3.52. The summed E-state index contributed by atoms with van der Waals surface area (Å²) in [7, 11) is 0. The number of rotatable bonds is 4. The molecule has 8 heteroatoms. The largest absolute Gasteiger partial charge is 0.450 e. The van der Waals surface area contributed by atoms with Gasteiger partial charge in [0.2, 0.25) is 5.91 Å². The number of hydrogen-bond donors (Lipinski definition) is 2. The van der Waals surface area contributed by atoms with Crippen molar-refractivity contribution in [3.05, 3.63) is 34.5 Å². The summed E-state index contributed by atoms with van der Waals surface area (Å²) in [5.74, 6) is 0.751. The zero-order chi connectivity index (χ0) is 12.1. The van der Waals surface area contributed by atoms with Gasteiger partial charge in [-0.2, -0.15) is 5.21 Å². The van der Waals surface area contributed by atoms with E-state index < -0.39 is 0 Å². The molecule has 2 N–H and O–H groups in total. The van der Waals surface area contributed by atoms with E-state index >= 15 is 0 Å². The number of carbonyl (C=O) groups excluding carboxylic acids is 1. The van der Waals surface area contributed by atoms with E-state index in [1.165, 1.54) is 6.08 Å². The van der Waals surface area contributed by atoms with Crippen LogP contribution in [0.15, 0.2) is 27.3 Å². The third-order valence-electron chi connectivity index (χ3n) is 1.80. The van der Waals surface area contributed by atoms with Gasteiger partial charge in [-0.15, -0.1) is 10.2 Å². The van der Waals surface area contributed by atoms with E-state index in [9.17, 15) is 4.79 Å². The molecule has 0 saturated heterocycles. The molecular weight excluding hydrogens is 290 g/mol. The highest BCUT2D eigenvalue weighted by molar-refractivity contribution is 9.10.